The number of ether oxygens (including phenoxy) is 1. The molecule has 5 aliphatic rings. The Morgan fingerprint density at radius 2 is 2.03 bits per heavy atom. The molecule has 8 rings (SSSR count). The minimum atomic E-state index is -4.17. The number of phosphoric ester groups is 1. The second-order valence-electron chi connectivity index (χ2n) is 8.60. The van der Waals surface area contributed by atoms with Crippen molar-refractivity contribution in [3.63, 3.8) is 0 Å². The van der Waals surface area contributed by atoms with Crippen molar-refractivity contribution in [1.29, 1.82) is 0 Å². The Bertz CT molecular complexity index is 1460. The maximum absolute atomic E-state index is 15.2. The van der Waals surface area contributed by atoms with Crippen LogP contribution in [0.3, 0.4) is 0 Å². The minimum Gasteiger partial charge on any atom is -0.404 e. The van der Waals surface area contributed by atoms with Gasteiger partial charge in [-0.3, -0.25) is 4.98 Å². The second kappa shape index (κ2) is 7.11. The Hall–Kier alpha value is -3.36. The fourth-order valence-electron chi connectivity index (χ4n) is 4.38. The highest BCUT2D eigenvalue weighted by atomic mass is 31.2. The molecule has 1 aromatic carbocycles. The van der Waals surface area contributed by atoms with E-state index in [1.807, 2.05) is 0 Å². The molecule has 3 aromatic rings. The zero-order chi connectivity index (χ0) is 24.9. The van der Waals surface area contributed by atoms with E-state index < -0.39 is 44.2 Å². The van der Waals surface area contributed by atoms with Crippen LogP contribution in [0.1, 0.15) is 18.9 Å². The number of tetrazole rings is 1. The molecule has 4 saturated heterocycles. The first-order valence-electron chi connectivity index (χ1n) is 10.8. The third kappa shape index (κ3) is 2.82. The number of amides is 1. The molecule has 2 aromatic heterocycles. The van der Waals surface area contributed by atoms with Gasteiger partial charge >= 0.3 is 25.6 Å². The lowest BCUT2D eigenvalue weighted by Crippen LogP contribution is -2.64. The zero-order valence-corrected chi connectivity index (χ0v) is 18.9. The lowest BCUT2D eigenvalue weighted by atomic mass is 10.0. The summed E-state index contributed by atoms with van der Waals surface area (Å²) in [7, 11) is -4.17. The van der Waals surface area contributed by atoms with Gasteiger partial charge < -0.3 is 9.84 Å². The first-order chi connectivity index (χ1) is 17.3. The molecule has 1 spiro atoms. The molecule has 2 bridgehead atoms. The number of rotatable bonds is 6. The molecule has 13 nitrogen and oxygen atoms in total. The van der Waals surface area contributed by atoms with Crippen LogP contribution >= 0.6 is 7.82 Å². The molecule has 2 atom stereocenters. The molecule has 1 saturated carbocycles. The van der Waals surface area contributed by atoms with Gasteiger partial charge in [0.2, 0.25) is 5.82 Å². The summed E-state index contributed by atoms with van der Waals surface area (Å²) in [5, 5.41) is 22.4. The van der Waals surface area contributed by atoms with E-state index in [1.54, 1.807) is 16.9 Å². The number of halogens is 2. The predicted molar refractivity (Wildman–Crippen MR) is 112 cm³/mol. The molecular weight excluding hydrogens is 505 g/mol. The number of hydrogen-bond acceptors (Lipinski definition) is 11. The number of benzene rings is 1. The van der Waals surface area contributed by atoms with Crippen LogP contribution in [0.15, 0.2) is 36.5 Å². The van der Waals surface area contributed by atoms with E-state index in [9.17, 15) is 18.9 Å². The molecule has 16 heteroatoms. The quantitative estimate of drug-likeness (QED) is 0.478. The summed E-state index contributed by atoms with van der Waals surface area (Å²) in [6, 6.07) is 7.22. The van der Waals surface area contributed by atoms with Crippen molar-refractivity contribution in [3.05, 3.63) is 42.3 Å². The Balaban J connectivity index is 1.19. The number of carbonyl (C=O) groups excluding carboxylic acids is 1. The molecule has 0 radical (unpaired) electrons. The molecule has 5 fully saturated rings. The lowest BCUT2D eigenvalue weighted by Gasteiger charge is -2.39. The second-order valence-corrected chi connectivity index (χ2v) is 10.0. The van der Waals surface area contributed by atoms with Crippen LogP contribution in [0.5, 0.6) is 0 Å². The SMILES string of the molecule is O=C1O[C@@]2([C@H](O)CF)OP3(=O)OC2(O3)N1c1ccc(-c2ccc(-c3nnn(C4CC4)n3)nc2)c(F)c1. The Morgan fingerprint density at radius 3 is 2.69 bits per heavy atom. The Labute approximate surface area is 200 Å². The van der Waals surface area contributed by atoms with Crippen LogP contribution in [-0.4, -0.2) is 60.9 Å². The topological polar surface area (TPSA) is 151 Å². The fourth-order valence-corrected chi connectivity index (χ4v) is 6.10. The summed E-state index contributed by atoms with van der Waals surface area (Å²) >= 11 is 0. The van der Waals surface area contributed by atoms with Crippen LogP contribution in [0.4, 0.5) is 19.3 Å². The van der Waals surface area contributed by atoms with Crippen molar-refractivity contribution >= 4 is 19.6 Å². The number of pyridine rings is 1. The molecule has 4 aliphatic heterocycles. The van der Waals surface area contributed by atoms with Gasteiger partial charge in [0.25, 0.3) is 0 Å². The van der Waals surface area contributed by atoms with Crippen LogP contribution in [-0.2, 0) is 22.9 Å². The van der Waals surface area contributed by atoms with Crippen molar-refractivity contribution in [2.75, 3.05) is 11.6 Å². The van der Waals surface area contributed by atoms with E-state index in [0.717, 1.165) is 18.9 Å². The van der Waals surface area contributed by atoms with E-state index in [-0.39, 0.29) is 17.3 Å². The third-order valence-corrected chi connectivity index (χ3v) is 7.71. The van der Waals surface area contributed by atoms with Crippen molar-refractivity contribution in [3.8, 4) is 22.6 Å². The van der Waals surface area contributed by atoms with E-state index in [4.69, 9.17) is 18.3 Å². The van der Waals surface area contributed by atoms with Crippen molar-refractivity contribution < 1.29 is 41.6 Å². The Morgan fingerprint density at radius 1 is 1.22 bits per heavy atom. The van der Waals surface area contributed by atoms with E-state index >= 15 is 4.39 Å². The van der Waals surface area contributed by atoms with Gasteiger partial charge in [-0.15, -0.1) is 10.2 Å². The van der Waals surface area contributed by atoms with Gasteiger partial charge in [-0.05, 0) is 42.3 Å². The summed E-state index contributed by atoms with van der Waals surface area (Å²) in [4.78, 5) is 19.2. The first-order valence-corrected chi connectivity index (χ1v) is 12.3. The molecular formula is C20H15F2N6O7P. The zero-order valence-electron chi connectivity index (χ0n) is 18.0. The monoisotopic (exact) mass is 520 g/mol. The van der Waals surface area contributed by atoms with E-state index in [2.05, 4.69) is 20.4 Å². The standard InChI is InChI=1S/C20H15F2N6O7P/c21-8-16(29)19-20(34-36(31,33-19)35-20)27(18(30)32-19)12-4-5-13(14(22)7-12)10-1-6-15(23-9-10)17-24-26-28(25-17)11-2-3-11/h1,4-7,9,11,16,29H,2-3,8H2/t16-,19+,20?,36?/m1/s1. The predicted octanol–water partition coefficient (Wildman–Crippen LogP) is 2.70. The molecule has 6 heterocycles. The maximum atomic E-state index is 15.2. The smallest absolute Gasteiger partial charge is 0.404 e. The van der Waals surface area contributed by atoms with Crippen LogP contribution in [0, 0.1) is 5.82 Å². The largest absolute Gasteiger partial charge is 0.486 e. The minimum absolute atomic E-state index is 0.128. The van der Waals surface area contributed by atoms with Crippen LogP contribution in [0.25, 0.3) is 22.6 Å². The number of phosphoric acid groups is 1. The number of carbonyl (C=O) groups is 1. The van der Waals surface area contributed by atoms with Crippen molar-refractivity contribution in [2.24, 2.45) is 0 Å². The van der Waals surface area contributed by atoms with Crippen molar-refractivity contribution in [1.82, 2.24) is 25.2 Å². The number of aromatic nitrogens is 5. The molecule has 186 valence electrons. The van der Waals surface area contributed by atoms with Gasteiger partial charge in [0.05, 0.1) is 11.7 Å². The molecule has 1 N–H and O–H groups in total. The van der Waals surface area contributed by atoms with Crippen molar-refractivity contribution in [2.45, 2.75) is 36.7 Å². The number of nitrogens with zero attached hydrogens (tertiary/aromatic N) is 6. The molecule has 0 unspecified atom stereocenters. The Kier molecular flexibility index (Phi) is 4.32. The fraction of sp³-hybridized carbons (Fsp3) is 0.350. The van der Waals surface area contributed by atoms with Gasteiger partial charge in [0.1, 0.15) is 18.2 Å². The number of hydrogen-bond donors (Lipinski definition) is 1. The highest BCUT2D eigenvalue weighted by molar-refractivity contribution is 7.50. The highest BCUT2D eigenvalue weighted by Crippen LogP contribution is 2.81. The van der Waals surface area contributed by atoms with Gasteiger partial charge in [-0.25, -0.2) is 36.6 Å². The maximum Gasteiger partial charge on any atom is 0.486 e. The number of aliphatic hydroxyl groups excluding tert-OH is 1. The first kappa shape index (κ1) is 21.9. The average Bonchev–Trinajstić information content (AvgIpc) is 3.35. The van der Waals surface area contributed by atoms with Gasteiger partial charge in [-0.1, -0.05) is 6.07 Å². The van der Waals surface area contributed by atoms with Gasteiger partial charge in [-0.2, -0.15) is 4.80 Å². The summed E-state index contributed by atoms with van der Waals surface area (Å²) in [5.41, 5.74) is 0.911. The van der Waals surface area contributed by atoms with E-state index in [1.165, 1.54) is 18.3 Å². The van der Waals surface area contributed by atoms with E-state index in [0.29, 0.717) is 22.0 Å². The average molecular weight is 520 g/mol. The highest BCUT2D eigenvalue weighted by Gasteiger charge is 2.91. The van der Waals surface area contributed by atoms with Crippen LogP contribution in [0.2, 0.25) is 0 Å². The lowest BCUT2D eigenvalue weighted by molar-refractivity contribution is -0.282. The summed E-state index contributed by atoms with van der Waals surface area (Å²) in [6.45, 7) is -1.42. The van der Waals surface area contributed by atoms with Gasteiger partial charge in [0.15, 0.2) is 6.10 Å². The van der Waals surface area contributed by atoms with Crippen LogP contribution < -0.4 is 4.90 Å². The molecule has 1 aliphatic carbocycles. The summed E-state index contributed by atoms with van der Waals surface area (Å²) < 4.78 is 61.1. The summed E-state index contributed by atoms with van der Waals surface area (Å²) in [6.07, 6.45) is 0.207. The molecule has 1 amide bonds. The number of anilines is 1. The summed E-state index contributed by atoms with van der Waals surface area (Å²) in [5.74, 6) is -5.30. The number of alkyl halides is 1. The van der Waals surface area contributed by atoms with Gasteiger partial charge in [0, 0.05) is 17.3 Å². The molecule has 36 heavy (non-hydrogen) atoms. The normalized spacial score (nSPS) is 31.2. The number of aliphatic hydroxyl groups is 1. The third-order valence-electron chi connectivity index (χ3n) is 6.28.